The van der Waals surface area contributed by atoms with Crippen LogP contribution >= 0.6 is 0 Å². The van der Waals surface area contributed by atoms with Crippen molar-refractivity contribution in [2.24, 2.45) is 5.73 Å². The van der Waals surface area contributed by atoms with Gasteiger partial charge < -0.3 is 10.8 Å². The summed E-state index contributed by atoms with van der Waals surface area (Å²) in [6.45, 7) is 0. The molecule has 0 aliphatic heterocycles. The maximum Gasteiger partial charge on any atom is 0.402 e. The maximum atomic E-state index is 8.78. The molecule has 0 unspecified atom stereocenters. The van der Waals surface area contributed by atoms with Crippen LogP contribution in [0.1, 0.15) is 0 Å². The van der Waals surface area contributed by atoms with Crippen LogP contribution in [-0.4, -0.2) is 11.2 Å². The summed E-state index contributed by atoms with van der Waals surface area (Å²) in [4.78, 5) is 8.78. The van der Waals surface area contributed by atoms with E-state index in [-0.39, 0.29) is 6.15 Å². The van der Waals surface area contributed by atoms with Gasteiger partial charge in [0, 0.05) is 6.15 Å². The van der Waals surface area contributed by atoms with E-state index in [0.717, 1.165) is 0 Å². The minimum absolute atomic E-state index is 0. The molecular weight excluding hydrogens is 72.0 g/mol. The van der Waals surface area contributed by atoms with Crippen LogP contribution in [0.25, 0.3) is 0 Å². The zero-order chi connectivity index (χ0) is 3.58. The molecule has 0 rings (SSSR count). The third kappa shape index (κ3) is 8.24. The lowest BCUT2D eigenvalue weighted by molar-refractivity contribution is 0.205. The highest BCUT2D eigenvalue weighted by molar-refractivity contribution is 5.61. The van der Waals surface area contributed by atoms with Gasteiger partial charge in [-0.1, -0.05) is 0 Å². The molecule has 0 spiro atoms. The molecule has 0 saturated carbocycles. The van der Waals surface area contributed by atoms with Crippen LogP contribution in [0.3, 0.4) is 0 Å². The summed E-state index contributed by atoms with van der Waals surface area (Å²) < 4.78 is 0. The summed E-state index contributed by atoms with van der Waals surface area (Å²) in [6.07, 6.45) is -1.33. The van der Waals surface area contributed by atoms with Gasteiger partial charge in [0.05, 0.1) is 0 Å². The molecule has 0 bridgehead atoms. The highest BCUT2D eigenvalue weighted by atomic mass is 16.4. The third-order valence-electron chi connectivity index (χ3n) is 0. The molecule has 0 atom stereocenters. The molecule has 5 heavy (non-hydrogen) atoms. The number of hydrogen-bond acceptors (Lipinski definition) is 1. The number of nitrogens with two attached hydrogens (primary N) is 1. The molecule has 29 valence electrons. The lowest BCUT2D eigenvalue weighted by Gasteiger charge is -1.61. The Labute approximate surface area is 29.2 Å². The summed E-state index contributed by atoms with van der Waals surface area (Å²) in [5.41, 5.74) is 4.03. The summed E-state index contributed by atoms with van der Waals surface area (Å²) in [5.74, 6) is 0. The Balaban J connectivity index is 0. The second-order valence-corrected chi connectivity index (χ2v) is 0.338. The highest BCUT2D eigenvalue weighted by Crippen LogP contribution is 1.34. The zero-order valence-corrected chi connectivity index (χ0v) is 2.38. The Hall–Kier alpha value is -0.770. The van der Waals surface area contributed by atoms with Gasteiger partial charge in [0.25, 0.3) is 0 Å². The molecule has 0 aromatic heterocycles. The molecular formula is CH3N2O2. The van der Waals surface area contributed by atoms with Crippen molar-refractivity contribution in [1.29, 1.82) is 0 Å². The van der Waals surface area contributed by atoms with Crippen LogP contribution in [-0.2, 0) is 0 Å². The van der Waals surface area contributed by atoms with Crippen molar-refractivity contribution in [3.63, 3.8) is 0 Å². The Morgan fingerprint density at radius 3 is 1.80 bits per heavy atom. The molecule has 3 N–H and O–H groups in total. The molecule has 0 aliphatic carbocycles. The predicted octanol–water partition coefficient (Wildman–Crippen LogP) is -0.857. The molecule has 4 nitrogen and oxygen atoms in total. The lowest BCUT2D eigenvalue weighted by Crippen LogP contribution is -2.03. The number of rotatable bonds is 0. The Morgan fingerprint density at radius 2 is 1.80 bits per heavy atom. The standard InChI is InChI=1S/CH3NO2.N/c2-1(3)4;/h2H2,(H,3,4);. The third-order valence-corrected chi connectivity index (χ3v) is 0. The average Bonchev–Trinajstić information content (AvgIpc) is 0.811. The highest BCUT2D eigenvalue weighted by Gasteiger charge is 1.65. The molecule has 0 aromatic carbocycles. The summed E-state index contributed by atoms with van der Waals surface area (Å²) in [5, 5.41) is 7.19. The number of primary amides is 1. The van der Waals surface area contributed by atoms with Gasteiger partial charge in [-0.05, 0) is 0 Å². The van der Waals surface area contributed by atoms with Gasteiger partial charge in [-0.25, -0.2) is 4.79 Å². The van der Waals surface area contributed by atoms with Gasteiger partial charge in [-0.15, -0.1) is 0 Å². The second kappa shape index (κ2) is 3.23. The topological polar surface area (TPSA) is 93.8 Å². The fourth-order valence-corrected chi connectivity index (χ4v) is 0. The van der Waals surface area contributed by atoms with E-state index in [1.165, 1.54) is 0 Å². The molecule has 4 heteroatoms. The van der Waals surface area contributed by atoms with Crippen molar-refractivity contribution in [2.75, 3.05) is 0 Å². The fourth-order valence-electron chi connectivity index (χ4n) is 0. The van der Waals surface area contributed by atoms with E-state index >= 15 is 0 Å². The number of amides is 1. The molecule has 0 aromatic rings. The summed E-state index contributed by atoms with van der Waals surface area (Å²) in [7, 11) is 0. The number of carbonyl (C=O) groups is 1. The van der Waals surface area contributed by atoms with E-state index in [4.69, 9.17) is 9.90 Å². The molecule has 0 heterocycles. The van der Waals surface area contributed by atoms with E-state index in [1.807, 2.05) is 0 Å². The Kier molecular flexibility index (Phi) is 5.73. The zero-order valence-electron chi connectivity index (χ0n) is 2.38. The first-order valence-electron chi connectivity index (χ1n) is 0.716. The number of carboxylic acid groups (broad SMARTS) is 1. The van der Waals surface area contributed by atoms with E-state index in [0.29, 0.717) is 0 Å². The van der Waals surface area contributed by atoms with Crippen molar-refractivity contribution >= 4 is 6.09 Å². The van der Waals surface area contributed by atoms with Crippen molar-refractivity contribution in [1.82, 2.24) is 6.15 Å². The normalized spacial score (nSPS) is 4.80. The van der Waals surface area contributed by atoms with E-state index in [2.05, 4.69) is 5.73 Å². The van der Waals surface area contributed by atoms with Gasteiger partial charge in [0.1, 0.15) is 0 Å². The van der Waals surface area contributed by atoms with Crippen molar-refractivity contribution in [3.05, 3.63) is 0 Å². The van der Waals surface area contributed by atoms with E-state index in [9.17, 15) is 0 Å². The van der Waals surface area contributed by atoms with Crippen molar-refractivity contribution in [2.45, 2.75) is 0 Å². The van der Waals surface area contributed by atoms with Crippen LogP contribution in [0.2, 0.25) is 0 Å². The molecule has 0 aliphatic rings. The minimum atomic E-state index is -1.33. The van der Waals surface area contributed by atoms with Gasteiger partial charge in [-0.2, -0.15) is 0 Å². The minimum Gasteiger partial charge on any atom is -0.465 e. The first-order chi connectivity index (χ1) is 1.73. The number of hydrogen-bond donors (Lipinski definition) is 2. The van der Waals surface area contributed by atoms with Gasteiger partial charge >= 0.3 is 6.09 Å². The van der Waals surface area contributed by atoms with Gasteiger partial charge in [0.15, 0.2) is 0 Å². The smallest absolute Gasteiger partial charge is 0.402 e. The van der Waals surface area contributed by atoms with Crippen LogP contribution in [0.15, 0.2) is 0 Å². The van der Waals surface area contributed by atoms with Crippen molar-refractivity contribution in [3.8, 4) is 0 Å². The predicted molar refractivity (Wildman–Crippen MR) is 14.3 cm³/mol. The van der Waals surface area contributed by atoms with E-state index < -0.39 is 6.09 Å². The number of nitrogens with zero attached hydrogens (tertiary/aromatic N) is 1. The van der Waals surface area contributed by atoms with E-state index in [1.54, 1.807) is 0 Å². The Morgan fingerprint density at radius 1 is 1.80 bits per heavy atom. The monoisotopic (exact) mass is 75.0 g/mol. The van der Waals surface area contributed by atoms with Gasteiger partial charge in [0.2, 0.25) is 0 Å². The second-order valence-electron chi connectivity index (χ2n) is 0.338. The molecule has 0 saturated heterocycles. The first kappa shape index (κ1) is 8.87. The summed E-state index contributed by atoms with van der Waals surface area (Å²) >= 11 is 0. The molecule has 0 fully saturated rings. The van der Waals surface area contributed by atoms with Crippen molar-refractivity contribution < 1.29 is 9.90 Å². The first-order valence-corrected chi connectivity index (χ1v) is 0.716. The Bertz CT molecular complexity index is 30.6. The molecule has 3 radical (unpaired) electrons. The fraction of sp³-hybridized carbons (Fsp3) is 0. The lowest BCUT2D eigenvalue weighted by atomic mass is 11.3. The van der Waals surface area contributed by atoms with Crippen LogP contribution in [0.5, 0.6) is 0 Å². The maximum absolute atomic E-state index is 8.78. The van der Waals surface area contributed by atoms with Gasteiger partial charge in [-0.3, -0.25) is 0 Å². The quantitative estimate of drug-likeness (QED) is 0.392. The van der Waals surface area contributed by atoms with Crippen LogP contribution in [0, 0.1) is 0 Å². The van der Waals surface area contributed by atoms with Crippen LogP contribution < -0.4 is 11.9 Å². The van der Waals surface area contributed by atoms with Crippen LogP contribution in [0.4, 0.5) is 4.79 Å². The summed E-state index contributed by atoms with van der Waals surface area (Å²) in [6, 6.07) is 0. The molecule has 1 amide bonds. The average molecular weight is 75.0 g/mol. The SMILES string of the molecule is NC(=O)O.[N]. The largest absolute Gasteiger partial charge is 0.465 e.